The molecule has 0 heterocycles. The summed E-state index contributed by atoms with van der Waals surface area (Å²) in [6.07, 6.45) is 0. The predicted octanol–water partition coefficient (Wildman–Crippen LogP) is 2.39. The minimum Gasteiger partial charge on any atom is -0.326 e. The average Bonchev–Trinajstić information content (AvgIpc) is 2.40. The SMILES string of the molecule is Cc1cc(CN)ccc1S(=O)(=O)Nc1ccccc1F. The van der Waals surface area contributed by atoms with Crippen molar-refractivity contribution in [3.8, 4) is 0 Å². The fraction of sp³-hybridized carbons (Fsp3) is 0.143. The third-order valence-corrected chi connectivity index (χ3v) is 4.41. The average molecular weight is 294 g/mol. The summed E-state index contributed by atoms with van der Waals surface area (Å²) in [6.45, 7) is 2.01. The Hall–Kier alpha value is -1.92. The molecule has 106 valence electrons. The van der Waals surface area contributed by atoms with Crippen LogP contribution in [0.1, 0.15) is 11.1 Å². The molecule has 2 aromatic rings. The lowest BCUT2D eigenvalue weighted by atomic mass is 10.1. The van der Waals surface area contributed by atoms with E-state index in [0.717, 1.165) is 5.56 Å². The third-order valence-electron chi connectivity index (χ3n) is 2.88. The van der Waals surface area contributed by atoms with Gasteiger partial charge in [0.1, 0.15) is 5.82 Å². The summed E-state index contributed by atoms with van der Waals surface area (Å²) in [5, 5.41) is 0. The molecular formula is C14H15FN2O2S. The number of hydrogen-bond acceptors (Lipinski definition) is 3. The first-order valence-corrected chi connectivity index (χ1v) is 7.49. The zero-order valence-electron chi connectivity index (χ0n) is 10.9. The number of nitrogens with two attached hydrogens (primary N) is 1. The molecule has 0 aliphatic rings. The minimum absolute atomic E-state index is 0.0743. The van der Waals surface area contributed by atoms with Gasteiger partial charge in [-0.3, -0.25) is 4.72 Å². The van der Waals surface area contributed by atoms with Gasteiger partial charge >= 0.3 is 0 Å². The lowest BCUT2D eigenvalue weighted by molar-refractivity contribution is 0.598. The Morgan fingerprint density at radius 1 is 1.20 bits per heavy atom. The topological polar surface area (TPSA) is 72.2 Å². The summed E-state index contributed by atoms with van der Waals surface area (Å²) in [7, 11) is -3.82. The Labute approximate surface area is 117 Å². The van der Waals surface area contributed by atoms with Crippen LogP contribution in [0.4, 0.5) is 10.1 Å². The molecule has 20 heavy (non-hydrogen) atoms. The van der Waals surface area contributed by atoms with Crippen LogP contribution in [0.3, 0.4) is 0 Å². The molecular weight excluding hydrogens is 279 g/mol. The van der Waals surface area contributed by atoms with Crippen molar-refractivity contribution >= 4 is 15.7 Å². The molecule has 0 saturated carbocycles. The number of aryl methyl sites for hydroxylation is 1. The van der Waals surface area contributed by atoms with Crippen LogP contribution in [-0.2, 0) is 16.6 Å². The van der Waals surface area contributed by atoms with Crippen molar-refractivity contribution in [1.29, 1.82) is 0 Å². The van der Waals surface area contributed by atoms with Gasteiger partial charge in [-0.15, -0.1) is 0 Å². The van der Waals surface area contributed by atoms with Gasteiger partial charge in [-0.05, 0) is 36.2 Å². The zero-order valence-corrected chi connectivity index (χ0v) is 11.7. The highest BCUT2D eigenvalue weighted by Crippen LogP contribution is 2.21. The summed E-state index contributed by atoms with van der Waals surface area (Å²) in [5.74, 6) is -0.618. The molecule has 0 saturated heterocycles. The highest BCUT2D eigenvalue weighted by Gasteiger charge is 2.18. The summed E-state index contributed by atoms with van der Waals surface area (Å²) < 4.78 is 40.3. The summed E-state index contributed by atoms with van der Waals surface area (Å²) in [4.78, 5) is 0.109. The minimum atomic E-state index is -3.82. The van der Waals surface area contributed by atoms with E-state index in [1.165, 1.54) is 24.3 Å². The van der Waals surface area contributed by atoms with E-state index in [9.17, 15) is 12.8 Å². The van der Waals surface area contributed by atoms with Gasteiger partial charge in [-0.1, -0.05) is 24.3 Å². The number of anilines is 1. The molecule has 0 unspecified atom stereocenters. The van der Waals surface area contributed by atoms with E-state index < -0.39 is 15.8 Å². The van der Waals surface area contributed by atoms with Gasteiger partial charge < -0.3 is 5.73 Å². The first-order chi connectivity index (χ1) is 9.44. The lowest BCUT2D eigenvalue weighted by Crippen LogP contribution is -2.15. The van der Waals surface area contributed by atoms with Crippen molar-refractivity contribution in [2.24, 2.45) is 5.73 Å². The Balaban J connectivity index is 2.39. The molecule has 0 aromatic heterocycles. The van der Waals surface area contributed by atoms with Gasteiger partial charge in [0.2, 0.25) is 0 Å². The van der Waals surface area contributed by atoms with E-state index >= 15 is 0 Å². The van der Waals surface area contributed by atoms with Gasteiger partial charge in [0.25, 0.3) is 10.0 Å². The van der Waals surface area contributed by atoms with E-state index in [4.69, 9.17) is 5.73 Å². The van der Waals surface area contributed by atoms with E-state index in [2.05, 4.69) is 4.72 Å². The highest BCUT2D eigenvalue weighted by atomic mass is 32.2. The van der Waals surface area contributed by atoms with Crippen LogP contribution < -0.4 is 10.5 Å². The molecule has 2 aromatic carbocycles. The Morgan fingerprint density at radius 2 is 1.90 bits per heavy atom. The third kappa shape index (κ3) is 2.97. The number of rotatable bonds is 4. The summed E-state index contributed by atoms with van der Waals surface area (Å²) >= 11 is 0. The molecule has 3 N–H and O–H groups in total. The molecule has 0 bridgehead atoms. The van der Waals surface area contributed by atoms with E-state index in [1.54, 1.807) is 25.1 Å². The zero-order chi connectivity index (χ0) is 14.8. The maximum atomic E-state index is 13.5. The number of nitrogens with one attached hydrogen (secondary N) is 1. The van der Waals surface area contributed by atoms with Crippen molar-refractivity contribution in [1.82, 2.24) is 0 Å². The van der Waals surface area contributed by atoms with Crippen molar-refractivity contribution in [2.75, 3.05) is 4.72 Å². The van der Waals surface area contributed by atoms with Gasteiger partial charge in [0.15, 0.2) is 0 Å². The molecule has 0 amide bonds. The first kappa shape index (κ1) is 14.5. The number of benzene rings is 2. The number of hydrogen-bond donors (Lipinski definition) is 2. The molecule has 0 aliphatic heterocycles. The maximum absolute atomic E-state index is 13.5. The van der Waals surface area contributed by atoms with Gasteiger partial charge in [0, 0.05) is 6.54 Å². The Morgan fingerprint density at radius 3 is 2.50 bits per heavy atom. The smallest absolute Gasteiger partial charge is 0.262 e. The van der Waals surface area contributed by atoms with Crippen molar-refractivity contribution in [2.45, 2.75) is 18.4 Å². The molecule has 4 nitrogen and oxygen atoms in total. The second kappa shape index (κ2) is 5.60. The van der Waals surface area contributed by atoms with Crippen LogP contribution in [0.25, 0.3) is 0 Å². The van der Waals surface area contributed by atoms with Crippen molar-refractivity contribution in [3.63, 3.8) is 0 Å². The molecule has 2 rings (SSSR count). The second-order valence-corrected chi connectivity index (χ2v) is 6.04. The summed E-state index contributed by atoms with van der Waals surface area (Å²) in [5.41, 5.74) is 6.84. The second-order valence-electron chi connectivity index (χ2n) is 4.39. The quantitative estimate of drug-likeness (QED) is 0.909. The molecule has 0 spiro atoms. The molecule has 0 fully saturated rings. The van der Waals surface area contributed by atoms with Crippen LogP contribution in [0.5, 0.6) is 0 Å². The normalized spacial score (nSPS) is 11.3. The number of sulfonamides is 1. The molecule has 0 radical (unpaired) electrons. The van der Waals surface area contributed by atoms with E-state index in [1.807, 2.05) is 0 Å². The van der Waals surface area contributed by atoms with Crippen molar-refractivity contribution in [3.05, 3.63) is 59.4 Å². The monoisotopic (exact) mass is 294 g/mol. The van der Waals surface area contributed by atoms with Crippen LogP contribution in [0.2, 0.25) is 0 Å². The van der Waals surface area contributed by atoms with E-state index in [-0.39, 0.29) is 10.6 Å². The maximum Gasteiger partial charge on any atom is 0.262 e. The lowest BCUT2D eigenvalue weighted by Gasteiger charge is -2.11. The van der Waals surface area contributed by atoms with Crippen LogP contribution >= 0.6 is 0 Å². The highest BCUT2D eigenvalue weighted by molar-refractivity contribution is 7.92. The van der Waals surface area contributed by atoms with Gasteiger partial charge in [-0.2, -0.15) is 0 Å². The molecule has 0 aliphatic carbocycles. The Kier molecular flexibility index (Phi) is 4.06. The first-order valence-electron chi connectivity index (χ1n) is 6.01. The predicted molar refractivity (Wildman–Crippen MR) is 76.3 cm³/mol. The van der Waals surface area contributed by atoms with Crippen LogP contribution in [0.15, 0.2) is 47.4 Å². The number of halogens is 1. The summed E-state index contributed by atoms with van der Waals surface area (Å²) in [6, 6.07) is 10.4. The standard InChI is InChI=1S/C14H15FN2O2S/c1-10-8-11(9-16)6-7-14(10)20(18,19)17-13-5-3-2-4-12(13)15/h2-8,17H,9,16H2,1H3. The fourth-order valence-corrected chi connectivity index (χ4v) is 3.18. The van der Waals surface area contributed by atoms with Crippen LogP contribution in [-0.4, -0.2) is 8.42 Å². The molecule has 6 heteroatoms. The largest absolute Gasteiger partial charge is 0.326 e. The number of para-hydroxylation sites is 1. The van der Waals surface area contributed by atoms with Crippen molar-refractivity contribution < 1.29 is 12.8 Å². The van der Waals surface area contributed by atoms with Gasteiger partial charge in [0.05, 0.1) is 10.6 Å². The van der Waals surface area contributed by atoms with Crippen LogP contribution in [0, 0.1) is 12.7 Å². The Bertz CT molecular complexity index is 730. The van der Waals surface area contributed by atoms with E-state index in [0.29, 0.717) is 12.1 Å². The van der Waals surface area contributed by atoms with Gasteiger partial charge in [-0.25, -0.2) is 12.8 Å². The molecule has 0 atom stereocenters. The fourth-order valence-electron chi connectivity index (χ4n) is 1.88.